The first-order valence-corrected chi connectivity index (χ1v) is 5.88. The van der Waals surface area contributed by atoms with Gasteiger partial charge in [0.1, 0.15) is 4.88 Å². The zero-order valence-electron chi connectivity index (χ0n) is 9.36. The van der Waals surface area contributed by atoms with Crippen LogP contribution >= 0.6 is 11.3 Å². The Morgan fingerprint density at radius 1 is 1.37 bits per heavy atom. The molecule has 0 fully saturated rings. The van der Waals surface area contributed by atoms with Gasteiger partial charge in [0.25, 0.3) is 5.91 Å². The van der Waals surface area contributed by atoms with Crippen molar-refractivity contribution in [3.05, 3.63) is 40.9 Å². The van der Waals surface area contributed by atoms with Gasteiger partial charge in [-0.1, -0.05) is 17.4 Å². The average Bonchev–Trinajstić information content (AvgIpc) is 2.75. The molecule has 1 aromatic heterocycles. The number of hydrogen-bond donors (Lipinski definition) is 2. The lowest BCUT2D eigenvalue weighted by Gasteiger charge is -2.09. The van der Waals surface area contributed by atoms with E-state index in [-0.39, 0.29) is 15.7 Å². The molecule has 19 heavy (non-hydrogen) atoms. The highest BCUT2D eigenvalue weighted by atomic mass is 32.1. The molecule has 3 N–H and O–H groups in total. The van der Waals surface area contributed by atoms with E-state index in [2.05, 4.69) is 10.3 Å². The molecule has 2 rings (SSSR count). The van der Waals surface area contributed by atoms with Crippen molar-refractivity contribution in [1.29, 1.82) is 0 Å². The van der Waals surface area contributed by atoms with Crippen LogP contribution in [0.4, 0.5) is 24.0 Å². The Morgan fingerprint density at radius 3 is 2.68 bits per heavy atom. The van der Waals surface area contributed by atoms with Gasteiger partial charge in [0.15, 0.2) is 5.13 Å². The fraction of sp³-hybridized carbons (Fsp3) is 0.0909. The molecule has 0 radical (unpaired) electrons. The van der Waals surface area contributed by atoms with Crippen molar-refractivity contribution in [1.82, 2.24) is 4.98 Å². The predicted molar refractivity (Wildman–Crippen MR) is 65.9 cm³/mol. The molecule has 0 atom stereocenters. The lowest BCUT2D eigenvalue weighted by atomic mass is 10.2. The predicted octanol–water partition coefficient (Wildman–Crippen LogP) is 3.00. The molecule has 8 heteroatoms. The van der Waals surface area contributed by atoms with Gasteiger partial charge in [0.2, 0.25) is 0 Å². The molecule has 1 heterocycles. The Hall–Kier alpha value is -2.09. The Bertz CT molecular complexity index is 609. The fourth-order valence-electron chi connectivity index (χ4n) is 1.36. The summed E-state index contributed by atoms with van der Waals surface area (Å²) in [5.41, 5.74) is 4.61. The van der Waals surface area contributed by atoms with E-state index in [9.17, 15) is 18.0 Å². The number of alkyl halides is 3. The number of nitrogens with two attached hydrogens (primary N) is 1. The van der Waals surface area contributed by atoms with E-state index in [0.717, 1.165) is 23.5 Å². The molecule has 0 bridgehead atoms. The molecule has 0 saturated carbocycles. The first-order chi connectivity index (χ1) is 8.86. The number of carbonyl (C=O) groups excluding carboxylic acids is 1. The van der Waals surface area contributed by atoms with E-state index in [0.29, 0.717) is 0 Å². The monoisotopic (exact) mass is 287 g/mol. The topological polar surface area (TPSA) is 68.0 Å². The second-order valence-corrected chi connectivity index (χ2v) is 4.66. The third-order valence-electron chi connectivity index (χ3n) is 2.20. The largest absolute Gasteiger partial charge is 0.416 e. The van der Waals surface area contributed by atoms with Crippen molar-refractivity contribution in [3.8, 4) is 0 Å². The average molecular weight is 287 g/mol. The molecule has 1 aromatic carbocycles. The molecular formula is C11H8F3N3OS. The first kappa shape index (κ1) is 13.3. The Labute approximate surface area is 110 Å². The number of benzene rings is 1. The number of amides is 1. The van der Waals surface area contributed by atoms with Crippen LogP contribution in [0.5, 0.6) is 0 Å². The number of halogens is 3. The van der Waals surface area contributed by atoms with E-state index in [1.54, 1.807) is 0 Å². The lowest BCUT2D eigenvalue weighted by Crippen LogP contribution is -2.11. The number of aromatic nitrogens is 1. The summed E-state index contributed by atoms with van der Waals surface area (Å²) in [6.07, 6.45) is -3.18. The van der Waals surface area contributed by atoms with E-state index in [1.807, 2.05) is 0 Å². The minimum absolute atomic E-state index is 0.0618. The Balaban J connectivity index is 2.18. The van der Waals surface area contributed by atoms with Crippen LogP contribution < -0.4 is 11.1 Å². The van der Waals surface area contributed by atoms with Gasteiger partial charge in [-0.2, -0.15) is 13.2 Å². The van der Waals surface area contributed by atoms with Gasteiger partial charge >= 0.3 is 6.18 Å². The molecule has 100 valence electrons. The lowest BCUT2D eigenvalue weighted by molar-refractivity contribution is -0.137. The zero-order valence-corrected chi connectivity index (χ0v) is 10.2. The maximum atomic E-state index is 12.5. The fourth-order valence-corrected chi connectivity index (χ4v) is 1.94. The molecular weight excluding hydrogens is 279 g/mol. The minimum Gasteiger partial charge on any atom is -0.375 e. The Morgan fingerprint density at radius 2 is 2.11 bits per heavy atom. The van der Waals surface area contributed by atoms with Crippen molar-refractivity contribution in [3.63, 3.8) is 0 Å². The van der Waals surface area contributed by atoms with Crippen LogP contribution in [0.25, 0.3) is 0 Å². The smallest absolute Gasteiger partial charge is 0.375 e. The maximum Gasteiger partial charge on any atom is 0.416 e. The van der Waals surface area contributed by atoms with Crippen molar-refractivity contribution in [2.24, 2.45) is 0 Å². The van der Waals surface area contributed by atoms with Crippen molar-refractivity contribution < 1.29 is 18.0 Å². The number of rotatable bonds is 2. The van der Waals surface area contributed by atoms with E-state index in [1.165, 1.54) is 18.3 Å². The molecule has 0 unspecified atom stereocenters. The highest BCUT2D eigenvalue weighted by Gasteiger charge is 2.30. The van der Waals surface area contributed by atoms with Crippen LogP contribution in [0.2, 0.25) is 0 Å². The molecule has 2 aromatic rings. The summed E-state index contributed by atoms with van der Waals surface area (Å²) >= 11 is 0.957. The summed E-state index contributed by atoms with van der Waals surface area (Å²) in [4.78, 5) is 15.6. The number of nitrogens with zero attached hydrogens (tertiary/aromatic N) is 1. The van der Waals surface area contributed by atoms with Crippen molar-refractivity contribution in [2.75, 3.05) is 11.1 Å². The SMILES string of the molecule is Nc1ncc(C(=O)Nc2cccc(C(F)(F)F)c2)s1. The van der Waals surface area contributed by atoms with Gasteiger partial charge in [-0.3, -0.25) is 4.79 Å². The third-order valence-corrected chi connectivity index (χ3v) is 3.02. The molecule has 0 saturated heterocycles. The van der Waals surface area contributed by atoms with Crippen molar-refractivity contribution >= 4 is 28.1 Å². The van der Waals surface area contributed by atoms with Gasteiger partial charge in [0, 0.05) is 5.69 Å². The minimum atomic E-state index is -4.45. The molecule has 0 aliphatic heterocycles. The number of anilines is 2. The molecule has 0 spiro atoms. The zero-order chi connectivity index (χ0) is 14.0. The quantitative estimate of drug-likeness (QED) is 0.892. The summed E-state index contributed by atoms with van der Waals surface area (Å²) in [7, 11) is 0. The summed E-state index contributed by atoms with van der Waals surface area (Å²) in [6.45, 7) is 0. The Kier molecular flexibility index (Phi) is 3.43. The van der Waals surface area contributed by atoms with Crippen LogP contribution in [0.15, 0.2) is 30.5 Å². The summed E-state index contributed by atoms with van der Waals surface area (Å²) in [5, 5.41) is 2.58. The highest BCUT2D eigenvalue weighted by Crippen LogP contribution is 2.30. The molecule has 4 nitrogen and oxygen atoms in total. The summed E-state index contributed by atoms with van der Waals surface area (Å²) in [5.74, 6) is -0.548. The molecule has 0 aliphatic carbocycles. The van der Waals surface area contributed by atoms with Gasteiger partial charge in [-0.15, -0.1) is 0 Å². The van der Waals surface area contributed by atoms with E-state index >= 15 is 0 Å². The van der Waals surface area contributed by atoms with Crippen LogP contribution in [0.3, 0.4) is 0 Å². The molecule has 0 aliphatic rings. The standard InChI is InChI=1S/C11H8F3N3OS/c12-11(13,14)6-2-1-3-7(4-6)17-9(18)8-5-16-10(15)19-8/h1-5H,(H2,15,16)(H,17,18). The van der Waals surface area contributed by atoms with E-state index in [4.69, 9.17) is 5.73 Å². The second-order valence-electron chi connectivity index (χ2n) is 3.60. The first-order valence-electron chi connectivity index (χ1n) is 5.06. The second kappa shape index (κ2) is 4.88. The summed E-state index contributed by atoms with van der Waals surface area (Å²) < 4.78 is 37.5. The number of nitrogens with one attached hydrogen (secondary N) is 1. The van der Waals surface area contributed by atoms with Crippen LogP contribution in [0, 0.1) is 0 Å². The van der Waals surface area contributed by atoms with Crippen LogP contribution in [-0.4, -0.2) is 10.9 Å². The molecule has 1 amide bonds. The summed E-state index contributed by atoms with van der Waals surface area (Å²) in [6, 6.07) is 4.39. The van der Waals surface area contributed by atoms with Gasteiger partial charge in [-0.05, 0) is 18.2 Å². The number of hydrogen-bond acceptors (Lipinski definition) is 4. The number of nitrogen functional groups attached to an aromatic ring is 1. The maximum absolute atomic E-state index is 12.5. The van der Waals surface area contributed by atoms with Gasteiger partial charge in [0.05, 0.1) is 11.8 Å². The normalized spacial score (nSPS) is 11.3. The third kappa shape index (κ3) is 3.22. The number of carbonyl (C=O) groups is 1. The van der Waals surface area contributed by atoms with Crippen LogP contribution in [-0.2, 0) is 6.18 Å². The highest BCUT2D eigenvalue weighted by molar-refractivity contribution is 7.17. The number of thiazole rings is 1. The van der Waals surface area contributed by atoms with Gasteiger partial charge in [-0.25, -0.2) is 4.98 Å². The van der Waals surface area contributed by atoms with Gasteiger partial charge < -0.3 is 11.1 Å². The van der Waals surface area contributed by atoms with E-state index < -0.39 is 17.6 Å². The van der Waals surface area contributed by atoms with Crippen LogP contribution in [0.1, 0.15) is 15.2 Å². The van der Waals surface area contributed by atoms with Crippen molar-refractivity contribution in [2.45, 2.75) is 6.18 Å².